The number of amides is 1. The summed E-state index contributed by atoms with van der Waals surface area (Å²) in [5.41, 5.74) is 1.96. The summed E-state index contributed by atoms with van der Waals surface area (Å²) in [5.74, 6) is -0.257. The number of nitrogens with zero attached hydrogens (tertiary/aromatic N) is 5. The lowest BCUT2D eigenvalue weighted by Gasteiger charge is -2.22. The van der Waals surface area contributed by atoms with Gasteiger partial charge < -0.3 is 10.6 Å². The number of benzene rings is 1. The number of rotatable bonds is 4. The topological polar surface area (TPSA) is 89.7 Å². The number of aromatic nitrogens is 5. The fraction of sp³-hybridized carbons (Fsp3) is 0.294. The number of carbonyl (C=O) groups is 1. The average Bonchev–Trinajstić information content (AvgIpc) is 3.35. The third-order valence-electron chi connectivity index (χ3n) is 4.32. The van der Waals surface area contributed by atoms with E-state index in [4.69, 9.17) is 0 Å². The molecule has 2 N–H and O–H groups in total. The van der Waals surface area contributed by atoms with Gasteiger partial charge in [-0.15, -0.1) is 5.10 Å². The summed E-state index contributed by atoms with van der Waals surface area (Å²) in [6.45, 7) is 1.93. The van der Waals surface area contributed by atoms with Gasteiger partial charge in [-0.05, 0) is 56.3 Å². The number of piperidine rings is 1. The van der Waals surface area contributed by atoms with E-state index < -0.39 is 0 Å². The minimum atomic E-state index is -0.257. The highest BCUT2D eigenvalue weighted by Crippen LogP contribution is 2.18. The van der Waals surface area contributed by atoms with Gasteiger partial charge in [-0.25, -0.2) is 9.36 Å². The number of hydrogen-bond donors (Lipinski definition) is 2. The molecular weight excluding hydrogens is 318 g/mol. The molecule has 128 valence electrons. The number of hydrogen-bond acceptors (Lipinski definition) is 5. The van der Waals surface area contributed by atoms with Crippen molar-refractivity contribution in [2.24, 2.45) is 0 Å². The van der Waals surface area contributed by atoms with E-state index in [9.17, 15) is 4.79 Å². The maximum atomic E-state index is 12.4. The molecule has 0 aliphatic carbocycles. The van der Waals surface area contributed by atoms with Crippen molar-refractivity contribution in [2.75, 3.05) is 18.4 Å². The Morgan fingerprint density at radius 1 is 1.20 bits per heavy atom. The summed E-state index contributed by atoms with van der Waals surface area (Å²) in [6, 6.07) is 9.64. The minimum Gasteiger partial charge on any atom is -0.321 e. The normalized spacial score (nSPS) is 15.2. The minimum absolute atomic E-state index is 0.257. The zero-order valence-electron chi connectivity index (χ0n) is 13.7. The van der Waals surface area contributed by atoms with Crippen LogP contribution in [-0.4, -0.2) is 43.8 Å². The molecule has 3 aromatic rings. The first-order valence-electron chi connectivity index (χ1n) is 8.33. The Labute approximate surface area is 144 Å². The third-order valence-corrected chi connectivity index (χ3v) is 4.32. The monoisotopic (exact) mass is 337 g/mol. The summed E-state index contributed by atoms with van der Waals surface area (Å²) in [7, 11) is 0. The molecule has 1 saturated heterocycles. The van der Waals surface area contributed by atoms with E-state index in [2.05, 4.69) is 26.0 Å². The molecule has 3 heterocycles. The van der Waals surface area contributed by atoms with E-state index in [1.807, 2.05) is 36.5 Å². The van der Waals surface area contributed by atoms with Gasteiger partial charge >= 0.3 is 0 Å². The lowest BCUT2D eigenvalue weighted by molar-refractivity contribution is 0.102. The fourth-order valence-electron chi connectivity index (χ4n) is 2.94. The smallest absolute Gasteiger partial charge is 0.277 e. The van der Waals surface area contributed by atoms with Crippen LogP contribution in [0.2, 0.25) is 0 Å². The van der Waals surface area contributed by atoms with Crippen molar-refractivity contribution in [3.63, 3.8) is 0 Å². The average molecular weight is 337 g/mol. The van der Waals surface area contributed by atoms with E-state index in [1.54, 1.807) is 21.8 Å². The molecule has 0 unspecified atom stereocenters. The summed E-state index contributed by atoms with van der Waals surface area (Å²) in [4.78, 5) is 12.4. The van der Waals surface area contributed by atoms with Crippen molar-refractivity contribution in [1.29, 1.82) is 0 Å². The lowest BCUT2D eigenvalue weighted by Crippen LogP contribution is -2.29. The van der Waals surface area contributed by atoms with E-state index in [1.165, 1.54) is 0 Å². The van der Waals surface area contributed by atoms with Crippen LogP contribution in [0.15, 0.2) is 48.9 Å². The highest BCUT2D eigenvalue weighted by atomic mass is 16.2. The van der Waals surface area contributed by atoms with Crippen LogP contribution >= 0.6 is 0 Å². The van der Waals surface area contributed by atoms with Crippen LogP contribution in [-0.2, 0) is 0 Å². The first-order chi connectivity index (χ1) is 12.3. The molecule has 0 atom stereocenters. The maximum absolute atomic E-state index is 12.4. The predicted octanol–water partition coefficient (Wildman–Crippen LogP) is 1.64. The molecule has 2 aromatic heterocycles. The van der Waals surface area contributed by atoms with Crippen LogP contribution in [0.1, 0.15) is 29.4 Å². The summed E-state index contributed by atoms with van der Waals surface area (Å²) in [6.07, 6.45) is 7.32. The van der Waals surface area contributed by atoms with E-state index in [-0.39, 0.29) is 5.91 Å². The molecule has 1 aromatic carbocycles. The van der Waals surface area contributed by atoms with Crippen molar-refractivity contribution in [3.05, 3.63) is 54.6 Å². The largest absolute Gasteiger partial charge is 0.321 e. The third kappa shape index (κ3) is 3.43. The second-order valence-corrected chi connectivity index (χ2v) is 6.02. The van der Waals surface area contributed by atoms with Gasteiger partial charge in [0, 0.05) is 18.1 Å². The van der Waals surface area contributed by atoms with Gasteiger partial charge in [-0.1, -0.05) is 5.21 Å². The molecule has 1 aliphatic heterocycles. The Morgan fingerprint density at radius 2 is 2.00 bits per heavy atom. The standard InChI is InChI=1S/C17H19N7O/c25-17(16-12-24(22-21-16)15-6-9-18-10-7-15)20-13-2-4-14(5-3-13)23-11-1-8-19-23/h1-5,8,11-12,15,18H,6-7,9-10H2,(H,20,25). The van der Waals surface area contributed by atoms with Crippen LogP contribution in [0.4, 0.5) is 5.69 Å². The van der Waals surface area contributed by atoms with Gasteiger partial charge in [0.15, 0.2) is 5.69 Å². The number of anilines is 1. The van der Waals surface area contributed by atoms with Crippen LogP contribution in [0, 0.1) is 0 Å². The van der Waals surface area contributed by atoms with Gasteiger partial charge in [0.05, 0.1) is 17.9 Å². The Morgan fingerprint density at radius 3 is 2.72 bits per heavy atom. The first-order valence-corrected chi connectivity index (χ1v) is 8.33. The molecule has 8 heteroatoms. The van der Waals surface area contributed by atoms with Crippen LogP contribution < -0.4 is 10.6 Å². The SMILES string of the molecule is O=C(Nc1ccc(-n2cccn2)cc1)c1cn(C2CCNCC2)nn1. The Kier molecular flexibility index (Phi) is 4.26. The molecule has 0 saturated carbocycles. The first kappa shape index (κ1) is 15.5. The van der Waals surface area contributed by atoms with Crippen molar-refractivity contribution >= 4 is 11.6 Å². The Balaban J connectivity index is 1.42. The van der Waals surface area contributed by atoms with Crippen LogP contribution in [0.3, 0.4) is 0 Å². The van der Waals surface area contributed by atoms with Crippen molar-refractivity contribution in [2.45, 2.75) is 18.9 Å². The zero-order chi connectivity index (χ0) is 17.1. The fourth-order valence-corrected chi connectivity index (χ4v) is 2.94. The van der Waals surface area contributed by atoms with E-state index in [0.29, 0.717) is 17.4 Å². The van der Waals surface area contributed by atoms with Crippen LogP contribution in [0.5, 0.6) is 0 Å². The predicted molar refractivity (Wildman–Crippen MR) is 92.7 cm³/mol. The maximum Gasteiger partial charge on any atom is 0.277 e. The summed E-state index contributed by atoms with van der Waals surface area (Å²) in [5, 5.41) is 18.5. The Hall–Kier alpha value is -3.00. The molecule has 1 amide bonds. The summed E-state index contributed by atoms with van der Waals surface area (Å²) >= 11 is 0. The van der Waals surface area contributed by atoms with Crippen molar-refractivity contribution in [3.8, 4) is 5.69 Å². The highest BCUT2D eigenvalue weighted by molar-refractivity contribution is 6.02. The molecule has 4 rings (SSSR count). The summed E-state index contributed by atoms with van der Waals surface area (Å²) < 4.78 is 3.56. The molecule has 0 radical (unpaired) electrons. The number of carbonyl (C=O) groups excluding carboxylic acids is 1. The van der Waals surface area contributed by atoms with Gasteiger partial charge in [-0.3, -0.25) is 4.79 Å². The quantitative estimate of drug-likeness (QED) is 0.755. The molecule has 1 aliphatic rings. The second-order valence-electron chi connectivity index (χ2n) is 6.02. The van der Waals surface area contributed by atoms with Crippen molar-refractivity contribution < 1.29 is 4.79 Å². The lowest BCUT2D eigenvalue weighted by atomic mass is 10.1. The molecule has 25 heavy (non-hydrogen) atoms. The zero-order valence-corrected chi connectivity index (χ0v) is 13.7. The molecule has 1 fully saturated rings. The van der Waals surface area contributed by atoms with Gasteiger partial charge in [0.25, 0.3) is 5.91 Å². The molecule has 8 nitrogen and oxygen atoms in total. The van der Waals surface area contributed by atoms with Crippen LogP contribution in [0.25, 0.3) is 5.69 Å². The second kappa shape index (κ2) is 6.86. The molecule has 0 bridgehead atoms. The van der Waals surface area contributed by atoms with Gasteiger partial charge in [0.2, 0.25) is 0 Å². The van der Waals surface area contributed by atoms with E-state index in [0.717, 1.165) is 31.6 Å². The van der Waals surface area contributed by atoms with Gasteiger partial charge in [-0.2, -0.15) is 5.10 Å². The number of nitrogens with one attached hydrogen (secondary N) is 2. The molecular formula is C17H19N7O. The molecule has 0 spiro atoms. The van der Waals surface area contributed by atoms with Crippen molar-refractivity contribution in [1.82, 2.24) is 30.1 Å². The Bertz CT molecular complexity index is 832. The highest BCUT2D eigenvalue weighted by Gasteiger charge is 2.18. The van der Waals surface area contributed by atoms with E-state index >= 15 is 0 Å². The van der Waals surface area contributed by atoms with Gasteiger partial charge in [0.1, 0.15) is 0 Å².